The average molecular weight is 453 g/mol. The first-order chi connectivity index (χ1) is 14.5. The van der Waals surface area contributed by atoms with E-state index in [1.807, 2.05) is 0 Å². The minimum Gasteiger partial charge on any atom is -0.495 e. The van der Waals surface area contributed by atoms with Crippen LogP contribution in [0.4, 0.5) is 5.69 Å². The third-order valence-corrected chi connectivity index (χ3v) is 6.45. The molecule has 7 heteroatoms. The standard InChI is InChI=1S/C23H30Cl2N2O3/c1-30-19-14-13-16(24)15-18(19)27-22(28)20(25)21(23(27)29)26-17-11-9-7-5-3-2-4-6-8-10-12-17/h13-15,17,26H,2-12H2,1H3. The van der Waals surface area contributed by atoms with Crippen molar-refractivity contribution in [3.63, 3.8) is 0 Å². The van der Waals surface area contributed by atoms with Gasteiger partial charge in [-0.15, -0.1) is 0 Å². The van der Waals surface area contributed by atoms with Crippen LogP contribution < -0.4 is 15.0 Å². The van der Waals surface area contributed by atoms with Gasteiger partial charge < -0.3 is 10.1 Å². The van der Waals surface area contributed by atoms with E-state index < -0.39 is 11.8 Å². The topological polar surface area (TPSA) is 58.6 Å². The van der Waals surface area contributed by atoms with Gasteiger partial charge in [-0.1, -0.05) is 81.0 Å². The highest BCUT2D eigenvalue weighted by atomic mass is 35.5. The minimum atomic E-state index is -0.558. The van der Waals surface area contributed by atoms with E-state index in [1.54, 1.807) is 18.2 Å². The van der Waals surface area contributed by atoms with Gasteiger partial charge in [-0.3, -0.25) is 9.59 Å². The van der Waals surface area contributed by atoms with Gasteiger partial charge in [0.1, 0.15) is 16.5 Å². The Bertz CT molecular complexity index is 798. The number of amides is 2. The Morgan fingerprint density at radius 3 is 2.03 bits per heavy atom. The summed E-state index contributed by atoms with van der Waals surface area (Å²) in [5.74, 6) is -0.632. The summed E-state index contributed by atoms with van der Waals surface area (Å²) in [5, 5.41) is 3.64. The van der Waals surface area contributed by atoms with Crippen LogP contribution in [0, 0.1) is 0 Å². The molecule has 1 N–H and O–H groups in total. The van der Waals surface area contributed by atoms with E-state index in [0.717, 1.165) is 30.6 Å². The lowest BCUT2D eigenvalue weighted by Crippen LogP contribution is -2.37. The van der Waals surface area contributed by atoms with Gasteiger partial charge >= 0.3 is 0 Å². The molecule has 1 aromatic carbocycles. The molecule has 1 aliphatic heterocycles. The van der Waals surface area contributed by atoms with E-state index >= 15 is 0 Å². The fraction of sp³-hybridized carbons (Fsp3) is 0.565. The minimum absolute atomic E-state index is 0.0758. The lowest BCUT2D eigenvalue weighted by Gasteiger charge is -2.22. The third kappa shape index (κ3) is 5.50. The van der Waals surface area contributed by atoms with Gasteiger partial charge in [0.05, 0.1) is 12.8 Å². The van der Waals surface area contributed by atoms with Gasteiger partial charge in [0.2, 0.25) is 0 Å². The Hall–Kier alpha value is -1.72. The average Bonchev–Trinajstić information content (AvgIpc) is 2.93. The van der Waals surface area contributed by atoms with Crippen molar-refractivity contribution in [3.05, 3.63) is 34.0 Å². The summed E-state index contributed by atoms with van der Waals surface area (Å²) in [6.07, 6.45) is 13.0. The Labute approximate surface area is 188 Å². The second kappa shape index (κ2) is 11.1. The number of ether oxygens (including phenoxy) is 1. The monoisotopic (exact) mass is 452 g/mol. The molecule has 1 fully saturated rings. The van der Waals surface area contributed by atoms with Gasteiger partial charge in [0, 0.05) is 11.1 Å². The smallest absolute Gasteiger partial charge is 0.283 e. The Balaban J connectivity index is 1.76. The molecule has 2 amide bonds. The highest BCUT2D eigenvalue weighted by molar-refractivity contribution is 6.52. The number of carbonyl (C=O) groups excluding carboxylic acids is 2. The van der Waals surface area contributed by atoms with E-state index in [-0.39, 0.29) is 16.8 Å². The van der Waals surface area contributed by atoms with Gasteiger partial charge in [-0.05, 0) is 31.0 Å². The van der Waals surface area contributed by atoms with Crippen molar-refractivity contribution in [2.75, 3.05) is 12.0 Å². The molecule has 2 aliphatic rings. The molecule has 1 heterocycles. The lowest BCUT2D eigenvalue weighted by atomic mass is 9.98. The fourth-order valence-electron chi connectivity index (χ4n) is 4.20. The largest absolute Gasteiger partial charge is 0.495 e. The normalized spacial score (nSPS) is 20.2. The third-order valence-electron chi connectivity index (χ3n) is 5.86. The van der Waals surface area contributed by atoms with Gasteiger partial charge in [-0.2, -0.15) is 0 Å². The molecule has 30 heavy (non-hydrogen) atoms. The molecule has 0 atom stereocenters. The predicted molar refractivity (Wildman–Crippen MR) is 121 cm³/mol. The molecule has 164 valence electrons. The Morgan fingerprint density at radius 2 is 1.47 bits per heavy atom. The molecule has 1 saturated carbocycles. The SMILES string of the molecule is COc1ccc(Cl)cc1N1C(=O)C(Cl)=C(NC2CCCCCCCCCCC2)C1=O. The van der Waals surface area contributed by atoms with E-state index in [0.29, 0.717) is 16.5 Å². The number of carbonyl (C=O) groups is 2. The Morgan fingerprint density at radius 1 is 0.900 bits per heavy atom. The number of nitrogens with one attached hydrogen (secondary N) is 1. The number of halogens is 2. The van der Waals surface area contributed by atoms with Crippen LogP contribution in [-0.4, -0.2) is 25.0 Å². The summed E-state index contributed by atoms with van der Waals surface area (Å²) in [5.41, 5.74) is 0.481. The van der Waals surface area contributed by atoms with Crippen LogP contribution in [0.3, 0.4) is 0 Å². The predicted octanol–water partition coefficient (Wildman–Crippen LogP) is 5.94. The summed E-state index contributed by atoms with van der Waals surface area (Å²) in [4.78, 5) is 27.0. The zero-order valence-electron chi connectivity index (χ0n) is 17.5. The zero-order valence-corrected chi connectivity index (χ0v) is 19.0. The highest BCUT2D eigenvalue weighted by Gasteiger charge is 2.40. The molecule has 0 aromatic heterocycles. The molecular weight excluding hydrogens is 423 g/mol. The quantitative estimate of drug-likeness (QED) is 0.574. The van der Waals surface area contributed by atoms with Crippen molar-refractivity contribution in [3.8, 4) is 5.75 Å². The highest BCUT2D eigenvalue weighted by Crippen LogP contribution is 2.36. The molecule has 1 aliphatic carbocycles. The van der Waals surface area contributed by atoms with Crippen LogP contribution in [0.1, 0.15) is 70.6 Å². The first kappa shape index (κ1) is 23.0. The number of hydrogen-bond donors (Lipinski definition) is 1. The number of anilines is 1. The first-order valence-electron chi connectivity index (χ1n) is 10.9. The number of hydrogen-bond acceptors (Lipinski definition) is 4. The maximum Gasteiger partial charge on any atom is 0.283 e. The molecule has 1 aromatic rings. The summed E-state index contributed by atoms with van der Waals surface area (Å²) in [6, 6.07) is 4.95. The number of methoxy groups -OCH3 is 1. The summed E-state index contributed by atoms with van der Waals surface area (Å²) >= 11 is 12.4. The number of nitrogens with zero attached hydrogens (tertiary/aromatic N) is 1. The number of imide groups is 1. The summed E-state index contributed by atoms with van der Waals surface area (Å²) < 4.78 is 5.32. The molecule has 3 rings (SSSR count). The molecule has 0 unspecified atom stereocenters. The van der Waals surface area contributed by atoms with E-state index in [2.05, 4.69) is 5.32 Å². The summed E-state index contributed by atoms with van der Waals surface area (Å²) in [6.45, 7) is 0. The lowest BCUT2D eigenvalue weighted by molar-refractivity contribution is -0.120. The van der Waals surface area contributed by atoms with Crippen molar-refractivity contribution >= 4 is 40.7 Å². The van der Waals surface area contributed by atoms with Crippen LogP contribution >= 0.6 is 23.2 Å². The van der Waals surface area contributed by atoms with Crippen LogP contribution in [0.2, 0.25) is 5.02 Å². The number of rotatable bonds is 4. The van der Waals surface area contributed by atoms with Crippen molar-refractivity contribution in [2.45, 2.75) is 76.7 Å². The molecule has 0 radical (unpaired) electrons. The second-order valence-corrected chi connectivity index (χ2v) is 8.87. The molecule has 0 bridgehead atoms. The van der Waals surface area contributed by atoms with Gasteiger partial charge in [0.25, 0.3) is 11.8 Å². The maximum atomic E-state index is 13.2. The number of benzene rings is 1. The van der Waals surface area contributed by atoms with Crippen molar-refractivity contribution in [1.29, 1.82) is 0 Å². The van der Waals surface area contributed by atoms with Crippen molar-refractivity contribution in [2.24, 2.45) is 0 Å². The molecule has 0 saturated heterocycles. The van der Waals surface area contributed by atoms with Crippen LogP contribution in [0.25, 0.3) is 0 Å². The van der Waals surface area contributed by atoms with Crippen LogP contribution in [0.15, 0.2) is 28.9 Å². The van der Waals surface area contributed by atoms with E-state index in [4.69, 9.17) is 27.9 Å². The van der Waals surface area contributed by atoms with Gasteiger partial charge in [-0.25, -0.2) is 4.90 Å². The van der Waals surface area contributed by atoms with E-state index in [9.17, 15) is 9.59 Å². The first-order valence-corrected chi connectivity index (χ1v) is 11.7. The maximum absolute atomic E-state index is 13.2. The fourth-order valence-corrected chi connectivity index (χ4v) is 4.58. The van der Waals surface area contributed by atoms with Crippen molar-refractivity contribution < 1.29 is 14.3 Å². The van der Waals surface area contributed by atoms with Gasteiger partial charge in [0.15, 0.2) is 0 Å². The van der Waals surface area contributed by atoms with Crippen LogP contribution in [-0.2, 0) is 9.59 Å². The molecule has 5 nitrogen and oxygen atoms in total. The Kier molecular flexibility index (Phi) is 8.46. The van der Waals surface area contributed by atoms with Crippen LogP contribution in [0.5, 0.6) is 5.75 Å². The van der Waals surface area contributed by atoms with Crippen molar-refractivity contribution in [1.82, 2.24) is 5.32 Å². The second-order valence-electron chi connectivity index (χ2n) is 8.05. The summed E-state index contributed by atoms with van der Waals surface area (Å²) in [7, 11) is 1.48. The molecular formula is C23H30Cl2N2O3. The zero-order chi connectivity index (χ0) is 21.5. The van der Waals surface area contributed by atoms with E-state index in [1.165, 1.54) is 52.1 Å². The molecule has 0 spiro atoms.